The third kappa shape index (κ3) is 4.40. The molecule has 26 heavy (non-hydrogen) atoms. The van der Waals surface area contributed by atoms with Gasteiger partial charge in [-0.1, -0.05) is 43.7 Å². The van der Waals surface area contributed by atoms with Gasteiger partial charge in [0.25, 0.3) is 5.56 Å². The number of rotatable bonds is 6. The van der Waals surface area contributed by atoms with Gasteiger partial charge in [-0.2, -0.15) is 5.10 Å². The molecule has 138 valence electrons. The third-order valence-corrected chi connectivity index (χ3v) is 5.07. The van der Waals surface area contributed by atoms with Gasteiger partial charge in [0.15, 0.2) is 0 Å². The van der Waals surface area contributed by atoms with Crippen molar-refractivity contribution in [2.75, 3.05) is 6.54 Å². The molecule has 5 nitrogen and oxygen atoms in total. The van der Waals surface area contributed by atoms with Gasteiger partial charge in [0.05, 0.1) is 18.2 Å². The van der Waals surface area contributed by atoms with Crippen LogP contribution in [0.2, 0.25) is 0 Å². The Kier molecular flexibility index (Phi) is 6.21. The Balaban J connectivity index is 1.61. The Morgan fingerprint density at radius 3 is 2.73 bits per heavy atom. The van der Waals surface area contributed by atoms with Crippen LogP contribution in [0.25, 0.3) is 0 Å². The molecule has 1 amide bonds. The molecule has 5 heteroatoms. The smallest absolute Gasteiger partial charge is 0.267 e. The van der Waals surface area contributed by atoms with Gasteiger partial charge < -0.3 is 5.32 Å². The highest BCUT2D eigenvalue weighted by molar-refractivity contribution is 5.83. The van der Waals surface area contributed by atoms with Crippen LogP contribution in [-0.4, -0.2) is 22.2 Å². The number of aryl methyl sites for hydroxylation is 2. The zero-order valence-electron chi connectivity index (χ0n) is 15.4. The summed E-state index contributed by atoms with van der Waals surface area (Å²) in [6.45, 7) is 2.83. The highest BCUT2D eigenvalue weighted by atomic mass is 16.2. The van der Waals surface area contributed by atoms with Crippen molar-refractivity contribution in [3.05, 3.63) is 63.6 Å². The number of amides is 1. The fourth-order valence-corrected chi connectivity index (χ4v) is 3.60. The Bertz CT molecular complexity index is 799. The van der Waals surface area contributed by atoms with Crippen molar-refractivity contribution in [1.29, 1.82) is 0 Å². The molecule has 0 saturated heterocycles. The van der Waals surface area contributed by atoms with Crippen LogP contribution in [0.5, 0.6) is 0 Å². The number of carbonyl (C=O) groups excluding carboxylic acids is 1. The predicted molar refractivity (Wildman–Crippen MR) is 102 cm³/mol. The van der Waals surface area contributed by atoms with Crippen LogP contribution in [-0.2, 0) is 24.2 Å². The standard InChI is InChI=1S/C21H27N3O2/c1-2-18(16-9-5-3-6-10-16)21(26)22-13-14-24-20(25)15-17-11-7-4-8-12-19(17)23-24/h3,5-6,9-10,15,18H,2,4,7-8,11-14H2,1H3,(H,22,26)/t18-/m1/s1. The van der Waals surface area contributed by atoms with E-state index in [0.29, 0.717) is 13.1 Å². The summed E-state index contributed by atoms with van der Waals surface area (Å²) in [6, 6.07) is 11.5. The maximum Gasteiger partial charge on any atom is 0.267 e. The summed E-state index contributed by atoms with van der Waals surface area (Å²) in [5, 5.41) is 7.51. The number of nitrogens with zero attached hydrogens (tertiary/aromatic N) is 2. The minimum Gasteiger partial charge on any atom is -0.354 e. The van der Waals surface area contributed by atoms with Gasteiger partial charge in [-0.05, 0) is 43.2 Å². The summed E-state index contributed by atoms with van der Waals surface area (Å²) in [5.74, 6) is -0.158. The first kappa shape index (κ1) is 18.4. The van der Waals surface area contributed by atoms with Crippen molar-refractivity contribution in [1.82, 2.24) is 15.1 Å². The summed E-state index contributed by atoms with van der Waals surface area (Å²) in [4.78, 5) is 24.8. The lowest BCUT2D eigenvalue weighted by molar-refractivity contribution is -0.122. The second-order valence-electron chi connectivity index (χ2n) is 6.90. The van der Waals surface area contributed by atoms with Gasteiger partial charge in [-0.3, -0.25) is 9.59 Å². The van der Waals surface area contributed by atoms with Gasteiger partial charge in [0.2, 0.25) is 5.91 Å². The molecule has 1 aliphatic rings. The lowest BCUT2D eigenvalue weighted by atomic mass is 9.96. The predicted octanol–water partition coefficient (Wildman–Crippen LogP) is 2.82. The van der Waals surface area contributed by atoms with E-state index in [-0.39, 0.29) is 17.4 Å². The van der Waals surface area contributed by atoms with Crippen molar-refractivity contribution < 1.29 is 4.79 Å². The summed E-state index contributed by atoms with van der Waals surface area (Å²) < 4.78 is 1.49. The first-order valence-electron chi connectivity index (χ1n) is 9.61. The van der Waals surface area contributed by atoms with Crippen LogP contribution < -0.4 is 10.9 Å². The van der Waals surface area contributed by atoms with Crippen molar-refractivity contribution in [2.24, 2.45) is 0 Å². The Morgan fingerprint density at radius 1 is 1.19 bits per heavy atom. The van der Waals surface area contributed by atoms with Crippen molar-refractivity contribution >= 4 is 5.91 Å². The molecule has 0 spiro atoms. The average Bonchev–Trinajstić information content (AvgIpc) is 2.88. The molecular weight excluding hydrogens is 326 g/mol. The van der Waals surface area contributed by atoms with Gasteiger partial charge in [0, 0.05) is 12.6 Å². The Hall–Kier alpha value is -2.43. The molecule has 1 atom stereocenters. The Labute approximate surface area is 154 Å². The molecule has 3 rings (SSSR count). The van der Waals surface area contributed by atoms with E-state index in [1.54, 1.807) is 6.07 Å². The number of carbonyl (C=O) groups is 1. The summed E-state index contributed by atoms with van der Waals surface area (Å²) in [5.41, 5.74) is 3.09. The first-order chi connectivity index (χ1) is 12.7. The van der Waals surface area contributed by atoms with E-state index < -0.39 is 0 Å². The topological polar surface area (TPSA) is 64.0 Å². The molecule has 0 unspecified atom stereocenters. The third-order valence-electron chi connectivity index (χ3n) is 5.07. The largest absolute Gasteiger partial charge is 0.354 e. The van der Waals surface area contributed by atoms with E-state index >= 15 is 0 Å². The SMILES string of the molecule is CC[C@@H](C(=O)NCCn1nc2c(cc1=O)CCCCC2)c1ccccc1. The van der Waals surface area contributed by atoms with Crippen molar-refractivity contribution in [3.63, 3.8) is 0 Å². The lowest BCUT2D eigenvalue weighted by Crippen LogP contribution is -2.35. The summed E-state index contributed by atoms with van der Waals surface area (Å²) in [6.07, 6.45) is 6.08. The highest BCUT2D eigenvalue weighted by Crippen LogP contribution is 2.19. The first-order valence-corrected chi connectivity index (χ1v) is 9.61. The molecule has 1 heterocycles. The Morgan fingerprint density at radius 2 is 1.96 bits per heavy atom. The minimum atomic E-state index is -0.159. The molecule has 1 N–H and O–H groups in total. The van der Waals surface area contributed by atoms with Crippen LogP contribution >= 0.6 is 0 Å². The minimum absolute atomic E-state index is 0.00140. The van der Waals surface area contributed by atoms with Crippen molar-refractivity contribution in [2.45, 2.75) is 57.9 Å². The number of hydrogen-bond acceptors (Lipinski definition) is 3. The van der Waals surface area contributed by atoms with E-state index in [4.69, 9.17) is 0 Å². The molecule has 0 radical (unpaired) electrons. The van der Waals surface area contributed by atoms with E-state index in [2.05, 4.69) is 10.4 Å². The van der Waals surface area contributed by atoms with Crippen LogP contribution in [0.3, 0.4) is 0 Å². The van der Waals surface area contributed by atoms with Crippen LogP contribution in [0, 0.1) is 0 Å². The van der Waals surface area contributed by atoms with Gasteiger partial charge in [-0.25, -0.2) is 4.68 Å². The molecule has 1 aromatic heterocycles. The van der Waals surface area contributed by atoms with Gasteiger partial charge >= 0.3 is 0 Å². The molecule has 0 saturated carbocycles. The average molecular weight is 353 g/mol. The molecule has 2 aromatic rings. The summed E-state index contributed by atoms with van der Waals surface area (Å²) in [7, 11) is 0. The zero-order valence-corrected chi connectivity index (χ0v) is 15.4. The highest BCUT2D eigenvalue weighted by Gasteiger charge is 2.18. The van der Waals surface area contributed by atoms with E-state index in [0.717, 1.165) is 48.9 Å². The fraction of sp³-hybridized carbons (Fsp3) is 0.476. The number of benzene rings is 1. The normalized spacial score (nSPS) is 15.0. The maximum absolute atomic E-state index is 12.5. The summed E-state index contributed by atoms with van der Waals surface area (Å²) >= 11 is 0. The molecular formula is C21H27N3O2. The van der Waals surface area contributed by atoms with E-state index in [1.807, 2.05) is 37.3 Å². The maximum atomic E-state index is 12.5. The van der Waals surface area contributed by atoms with E-state index in [9.17, 15) is 9.59 Å². The second-order valence-corrected chi connectivity index (χ2v) is 6.90. The van der Waals surface area contributed by atoms with Crippen LogP contribution in [0.4, 0.5) is 0 Å². The van der Waals surface area contributed by atoms with Crippen molar-refractivity contribution in [3.8, 4) is 0 Å². The number of nitrogens with one attached hydrogen (secondary N) is 1. The molecule has 0 aliphatic heterocycles. The van der Waals surface area contributed by atoms with Crippen LogP contribution in [0.1, 0.15) is 55.3 Å². The van der Waals surface area contributed by atoms with Crippen LogP contribution in [0.15, 0.2) is 41.2 Å². The van der Waals surface area contributed by atoms with Gasteiger partial charge in [0.1, 0.15) is 0 Å². The number of fused-ring (bicyclic) bond motifs is 1. The molecule has 1 aromatic carbocycles. The molecule has 1 aliphatic carbocycles. The molecule has 0 fully saturated rings. The van der Waals surface area contributed by atoms with Gasteiger partial charge in [-0.15, -0.1) is 0 Å². The molecule has 0 bridgehead atoms. The van der Waals surface area contributed by atoms with E-state index in [1.165, 1.54) is 11.1 Å². The zero-order chi connectivity index (χ0) is 18.4. The quantitative estimate of drug-likeness (QED) is 0.812. The number of hydrogen-bond donors (Lipinski definition) is 1. The monoisotopic (exact) mass is 353 g/mol. The fourth-order valence-electron chi connectivity index (χ4n) is 3.60. The number of aromatic nitrogens is 2. The second kappa shape index (κ2) is 8.79. The lowest BCUT2D eigenvalue weighted by Gasteiger charge is -2.16.